The monoisotopic (exact) mass is 268 g/mol. The molecule has 0 spiro atoms. The summed E-state index contributed by atoms with van der Waals surface area (Å²) in [5.41, 5.74) is 0. The molecule has 1 aliphatic rings. The highest BCUT2D eigenvalue weighted by atomic mass is 32.1. The number of thiophene rings is 1. The van der Waals surface area contributed by atoms with Crippen molar-refractivity contribution in [2.45, 2.75) is 32.4 Å². The van der Waals surface area contributed by atoms with Gasteiger partial charge in [-0.3, -0.25) is 4.90 Å². The fraction of sp³-hybridized carbons (Fsp3) is 0.615. The van der Waals surface area contributed by atoms with E-state index in [-0.39, 0.29) is 0 Å². The van der Waals surface area contributed by atoms with Gasteiger partial charge in [0.1, 0.15) is 4.88 Å². The second kappa shape index (κ2) is 6.31. The zero-order valence-corrected chi connectivity index (χ0v) is 11.5. The predicted molar refractivity (Wildman–Crippen MR) is 73.3 cm³/mol. The van der Waals surface area contributed by atoms with Gasteiger partial charge in [0.05, 0.1) is 0 Å². The van der Waals surface area contributed by atoms with E-state index in [4.69, 9.17) is 5.11 Å². The molecule has 1 saturated heterocycles. The molecule has 0 aliphatic carbocycles. The lowest BCUT2D eigenvalue weighted by Crippen LogP contribution is -2.42. The average molecular weight is 268 g/mol. The van der Waals surface area contributed by atoms with Crippen molar-refractivity contribution in [1.82, 2.24) is 10.2 Å². The largest absolute Gasteiger partial charge is 0.477 e. The lowest BCUT2D eigenvalue weighted by Gasteiger charge is -2.33. The highest BCUT2D eigenvalue weighted by Crippen LogP contribution is 2.21. The molecule has 2 rings (SSSR count). The Bertz CT molecular complexity index is 399. The van der Waals surface area contributed by atoms with Gasteiger partial charge in [0.25, 0.3) is 0 Å². The molecule has 100 valence electrons. The van der Waals surface area contributed by atoms with Crippen molar-refractivity contribution in [2.24, 2.45) is 0 Å². The molecule has 0 saturated carbocycles. The van der Waals surface area contributed by atoms with E-state index < -0.39 is 5.97 Å². The van der Waals surface area contributed by atoms with Crippen molar-refractivity contribution in [3.05, 3.63) is 21.9 Å². The van der Waals surface area contributed by atoms with Crippen molar-refractivity contribution < 1.29 is 9.90 Å². The van der Waals surface area contributed by atoms with E-state index in [1.54, 1.807) is 6.07 Å². The summed E-state index contributed by atoms with van der Waals surface area (Å²) in [6, 6.07) is 4.28. The standard InChI is InChI=1S/C13H20N2O2S/c1-2-15(10-5-7-14-8-6-10)9-11-3-4-12(18-11)13(16)17/h3-4,10,14H,2,5-9H2,1H3,(H,16,17). The Balaban J connectivity index is 1.97. The van der Waals surface area contributed by atoms with E-state index in [2.05, 4.69) is 17.1 Å². The van der Waals surface area contributed by atoms with Gasteiger partial charge in [-0.1, -0.05) is 6.92 Å². The van der Waals surface area contributed by atoms with Crippen LogP contribution < -0.4 is 5.32 Å². The van der Waals surface area contributed by atoms with Gasteiger partial charge in [-0.15, -0.1) is 11.3 Å². The molecule has 2 N–H and O–H groups in total. The number of aromatic carboxylic acids is 1. The quantitative estimate of drug-likeness (QED) is 0.858. The van der Waals surface area contributed by atoms with Crippen LogP contribution in [0.1, 0.15) is 34.3 Å². The van der Waals surface area contributed by atoms with Crippen LogP contribution in [0.2, 0.25) is 0 Å². The van der Waals surface area contributed by atoms with Crippen LogP contribution in [0.3, 0.4) is 0 Å². The summed E-state index contributed by atoms with van der Waals surface area (Å²) in [4.78, 5) is 14.9. The molecule has 18 heavy (non-hydrogen) atoms. The number of carboxylic acid groups (broad SMARTS) is 1. The van der Waals surface area contributed by atoms with Crippen LogP contribution in [0, 0.1) is 0 Å². The number of hydrogen-bond donors (Lipinski definition) is 2. The minimum absolute atomic E-state index is 0.436. The summed E-state index contributed by atoms with van der Waals surface area (Å²) >= 11 is 1.39. The number of rotatable bonds is 5. The number of hydrogen-bond acceptors (Lipinski definition) is 4. The van der Waals surface area contributed by atoms with Gasteiger partial charge >= 0.3 is 5.97 Å². The highest BCUT2D eigenvalue weighted by molar-refractivity contribution is 7.13. The molecule has 2 heterocycles. The van der Waals surface area contributed by atoms with Crippen LogP contribution in [0.15, 0.2) is 12.1 Å². The maximum atomic E-state index is 10.9. The van der Waals surface area contributed by atoms with Crippen molar-refractivity contribution in [3.8, 4) is 0 Å². The fourth-order valence-corrected chi connectivity index (χ4v) is 3.32. The van der Waals surface area contributed by atoms with Crippen LogP contribution in [0.5, 0.6) is 0 Å². The number of carbonyl (C=O) groups is 1. The molecular formula is C13H20N2O2S. The summed E-state index contributed by atoms with van der Waals surface area (Å²) in [6.45, 7) is 6.25. The highest BCUT2D eigenvalue weighted by Gasteiger charge is 2.20. The first-order valence-corrected chi connectivity index (χ1v) is 7.29. The van der Waals surface area contributed by atoms with Crippen molar-refractivity contribution in [3.63, 3.8) is 0 Å². The Morgan fingerprint density at radius 2 is 2.22 bits per heavy atom. The van der Waals surface area contributed by atoms with Crippen molar-refractivity contribution >= 4 is 17.3 Å². The van der Waals surface area contributed by atoms with Crippen molar-refractivity contribution in [1.29, 1.82) is 0 Å². The molecule has 5 heteroatoms. The maximum Gasteiger partial charge on any atom is 0.345 e. The van der Waals surface area contributed by atoms with E-state index in [1.165, 1.54) is 24.2 Å². The second-order valence-corrected chi connectivity index (χ2v) is 5.78. The first-order valence-electron chi connectivity index (χ1n) is 6.47. The zero-order valence-electron chi connectivity index (χ0n) is 10.7. The van der Waals surface area contributed by atoms with Crippen LogP contribution in [0.25, 0.3) is 0 Å². The zero-order chi connectivity index (χ0) is 13.0. The molecule has 1 aliphatic heterocycles. The molecule has 0 atom stereocenters. The number of nitrogens with one attached hydrogen (secondary N) is 1. The lowest BCUT2D eigenvalue weighted by atomic mass is 10.0. The normalized spacial score (nSPS) is 17.2. The summed E-state index contributed by atoms with van der Waals surface area (Å²) < 4.78 is 0. The van der Waals surface area contributed by atoms with Crippen LogP contribution in [0.4, 0.5) is 0 Å². The lowest BCUT2D eigenvalue weighted by molar-refractivity contribution is 0.0702. The van der Waals surface area contributed by atoms with Gasteiger partial charge < -0.3 is 10.4 Å². The molecular weight excluding hydrogens is 248 g/mol. The number of carboxylic acids is 1. The third-order valence-corrected chi connectivity index (χ3v) is 4.52. The maximum absolute atomic E-state index is 10.9. The van der Waals surface area contributed by atoms with E-state index in [0.29, 0.717) is 10.9 Å². The first kappa shape index (κ1) is 13.5. The Morgan fingerprint density at radius 1 is 1.50 bits per heavy atom. The molecule has 1 aromatic rings. The van der Waals surface area contributed by atoms with Gasteiger partial charge in [0, 0.05) is 17.5 Å². The third-order valence-electron chi connectivity index (χ3n) is 3.46. The first-order chi connectivity index (χ1) is 8.70. The van der Waals surface area contributed by atoms with Gasteiger partial charge in [-0.25, -0.2) is 4.79 Å². The molecule has 0 bridgehead atoms. The van der Waals surface area contributed by atoms with Gasteiger partial charge in [0.2, 0.25) is 0 Å². The topological polar surface area (TPSA) is 52.6 Å². The van der Waals surface area contributed by atoms with Crippen molar-refractivity contribution in [2.75, 3.05) is 19.6 Å². The third kappa shape index (κ3) is 3.31. The number of nitrogens with zero attached hydrogens (tertiary/aromatic N) is 1. The van der Waals surface area contributed by atoms with Gasteiger partial charge in [0.15, 0.2) is 0 Å². The van der Waals surface area contributed by atoms with E-state index in [0.717, 1.165) is 31.1 Å². The van der Waals surface area contributed by atoms with Crippen LogP contribution in [-0.4, -0.2) is 41.7 Å². The summed E-state index contributed by atoms with van der Waals surface area (Å²) in [5.74, 6) is -0.823. The fourth-order valence-electron chi connectivity index (χ4n) is 2.45. The van der Waals surface area contributed by atoms with Crippen LogP contribution >= 0.6 is 11.3 Å². The van der Waals surface area contributed by atoms with Gasteiger partial charge in [-0.2, -0.15) is 0 Å². The molecule has 1 aromatic heterocycles. The SMILES string of the molecule is CCN(Cc1ccc(C(=O)O)s1)C1CCNCC1. The average Bonchev–Trinajstić information content (AvgIpc) is 2.86. The minimum Gasteiger partial charge on any atom is -0.477 e. The molecule has 1 fully saturated rings. The molecule has 0 radical (unpaired) electrons. The number of piperidine rings is 1. The van der Waals surface area contributed by atoms with E-state index in [9.17, 15) is 4.79 Å². The minimum atomic E-state index is -0.823. The second-order valence-electron chi connectivity index (χ2n) is 4.62. The Labute approximate surface area is 112 Å². The summed E-state index contributed by atoms with van der Waals surface area (Å²) in [6.07, 6.45) is 2.37. The summed E-state index contributed by atoms with van der Waals surface area (Å²) in [5, 5.41) is 12.3. The van der Waals surface area contributed by atoms with Gasteiger partial charge in [-0.05, 0) is 44.6 Å². The Kier molecular flexibility index (Phi) is 4.74. The van der Waals surface area contributed by atoms with E-state index >= 15 is 0 Å². The molecule has 0 amide bonds. The predicted octanol–water partition coefficient (Wildman–Crippen LogP) is 2.02. The summed E-state index contributed by atoms with van der Waals surface area (Å²) in [7, 11) is 0. The van der Waals surface area contributed by atoms with Crippen LogP contribution in [-0.2, 0) is 6.54 Å². The van der Waals surface area contributed by atoms with E-state index in [1.807, 2.05) is 6.07 Å². The molecule has 0 unspecified atom stereocenters. The molecule has 4 nitrogen and oxygen atoms in total. The Morgan fingerprint density at radius 3 is 2.78 bits per heavy atom. The molecule has 0 aromatic carbocycles. The smallest absolute Gasteiger partial charge is 0.345 e. The Hall–Kier alpha value is -0.910.